The van der Waals surface area contributed by atoms with Crippen molar-refractivity contribution in [2.45, 2.75) is 19.3 Å². The number of hydrogen-bond donors (Lipinski definition) is 0. The van der Waals surface area contributed by atoms with Gasteiger partial charge in [-0.15, -0.1) is 11.3 Å². The van der Waals surface area contributed by atoms with Crippen LogP contribution in [0.5, 0.6) is 0 Å². The van der Waals surface area contributed by atoms with Crippen LogP contribution < -0.4 is 4.90 Å². The Balaban J connectivity index is 1.61. The molecule has 3 heterocycles. The fourth-order valence-corrected chi connectivity index (χ4v) is 5.71. The highest BCUT2D eigenvalue weighted by Crippen LogP contribution is 2.52. The number of thiophene rings is 1. The first-order valence-corrected chi connectivity index (χ1v) is 11.8. The Kier molecular flexibility index (Phi) is 4.99. The first-order valence-electron chi connectivity index (χ1n) is 10.6. The van der Waals surface area contributed by atoms with Crippen LogP contribution in [0.1, 0.15) is 29.9 Å². The predicted octanol–water partition coefficient (Wildman–Crippen LogP) is 5.46. The van der Waals surface area contributed by atoms with Crippen molar-refractivity contribution in [1.82, 2.24) is 9.80 Å². The normalized spacial score (nSPS) is 17.3. The third-order valence-corrected chi connectivity index (χ3v) is 7.97. The molecule has 5 nitrogen and oxygen atoms in total. The van der Waals surface area contributed by atoms with E-state index in [4.69, 9.17) is 12.2 Å². The maximum absolute atomic E-state index is 12.7. The van der Waals surface area contributed by atoms with Gasteiger partial charge in [0.2, 0.25) is 0 Å². The SMILES string of the molecule is CN1C(=O)C(=Cc2ccc(N3c4ccccc4C(C)(C)c4ccccc43)s2)C(=O)N(C)C1=S. The van der Waals surface area contributed by atoms with E-state index in [1.165, 1.54) is 20.9 Å². The van der Waals surface area contributed by atoms with E-state index in [0.29, 0.717) is 0 Å². The molecular formula is C26H23N3O2S2. The Morgan fingerprint density at radius 1 is 0.818 bits per heavy atom. The van der Waals surface area contributed by atoms with E-state index < -0.39 is 0 Å². The van der Waals surface area contributed by atoms with Gasteiger partial charge in [-0.2, -0.15) is 0 Å². The highest BCUT2D eigenvalue weighted by molar-refractivity contribution is 7.80. The number of anilines is 3. The smallest absolute Gasteiger partial charge is 0.265 e. The summed E-state index contributed by atoms with van der Waals surface area (Å²) in [6.07, 6.45) is 1.67. The number of carbonyl (C=O) groups excluding carboxylic acids is 2. The minimum atomic E-state index is -0.381. The molecule has 2 amide bonds. The molecule has 0 unspecified atom stereocenters. The van der Waals surface area contributed by atoms with Gasteiger partial charge in [-0.3, -0.25) is 19.4 Å². The van der Waals surface area contributed by atoms with E-state index >= 15 is 0 Å². The maximum Gasteiger partial charge on any atom is 0.265 e. The number of likely N-dealkylation sites (N-methyl/N-ethyl adjacent to an activating group) is 2. The molecule has 0 atom stereocenters. The number of thiocarbonyl (C=S) groups is 1. The molecular weight excluding hydrogens is 450 g/mol. The van der Waals surface area contributed by atoms with Crippen LogP contribution in [0, 0.1) is 0 Å². The molecule has 0 saturated carbocycles. The number of benzene rings is 2. The summed E-state index contributed by atoms with van der Waals surface area (Å²) in [6.45, 7) is 4.51. The van der Waals surface area contributed by atoms with Crippen LogP contribution >= 0.6 is 23.6 Å². The third kappa shape index (κ3) is 3.22. The van der Waals surface area contributed by atoms with Gasteiger partial charge in [0.1, 0.15) is 10.6 Å². The second-order valence-corrected chi connectivity index (χ2v) is 10.2. The molecule has 2 aromatic carbocycles. The lowest BCUT2D eigenvalue weighted by Crippen LogP contribution is -2.52. The van der Waals surface area contributed by atoms with E-state index in [9.17, 15) is 9.59 Å². The van der Waals surface area contributed by atoms with Gasteiger partial charge in [0, 0.05) is 24.4 Å². The van der Waals surface area contributed by atoms with E-state index in [-0.39, 0.29) is 27.9 Å². The van der Waals surface area contributed by atoms with Gasteiger partial charge in [-0.05, 0) is 53.7 Å². The lowest BCUT2D eigenvalue weighted by atomic mass is 9.74. The van der Waals surface area contributed by atoms with Gasteiger partial charge in [0.15, 0.2) is 5.11 Å². The molecule has 3 aromatic rings. The third-order valence-electron chi connectivity index (χ3n) is 6.40. The Morgan fingerprint density at radius 2 is 1.33 bits per heavy atom. The van der Waals surface area contributed by atoms with Crippen LogP contribution in [-0.4, -0.2) is 40.8 Å². The van der Waals surface area contributed by atoms with Crippen molar-refractivity contribution in [2.24, 2.45) is 0 Å². The van der Waals surface area contributed by atoms with Crippen LogP contribution in [0.15, 0.2) is 66.2 Å². The zero-order valence-corrected chi connectivity index (χ0v) is 20.5. The van der Waals surface area contributed by atoms with Crippen LogP contribution in [0.25, 0.3) is 6.08 Å². The first-order chi connectivity index (χ1) is 15.7. The number of rotatable bonds is 2. The van der Waals surface area contributed by atoms with Crippen molar-refractivity contribution in [1.29, 1.82) is 0 Å². The monoisotopic (exact) mass is 473 g/mol. The van der Waals surface area contributed by atoms with Gasteiger partial charge in [0.05, 0.1) is 11.4 Å². The molecule has 2 aliphatic heterocycles. The van der Waals surface area contributed by atoms with Crippen molar-refractivity contribution in [3.05, 3.63) is 82.2 Å². The highest BCUT2D eigenvalue weighted by atomic mass is 32.1. The molecule has 33 heavy (non-hydrogen) atoms. The average Bonchev–Trinajstić information content (AvgIpc) is 3.28. The summed E-state index contributed by atoms with van der Waals surface area (Å²) in [6, 6.07) is 20.9. The summed E-state index contributed by atoms with van der Waals surface area (Å²) in [5.41, 5.74) is 4.77. The lowest BCUT2D eigenvalue weighted by Gasteiger charge is -2.41. The molecule has 1 fully saturated rings. The van der Waals surface area contributed by atoms with Gasteiger partial charge < -0.3 is 4.90 Å². The molecule has 2 aliphatic rings. The van der Waals surface area contributed by atoms with Crippen molar-refractivity contribution in [2.75, 3.05) is 19.0 Å². The molecule has 0 spiro atoms. The lowest BCUT2D eigenvalue weighted by molar-refractivity contribution is -0.132. The number of carbonyl (C=O) groups is 2. The van der Waals surface area contributed by atoms with E-state index in [0.717, 1.165) is 21.3 Å². The Bertz CT molecular complexity index is 1280. The Labute approximate surface area is 202 Å². The molecule has 0 bridgehead atoms. The second-order valence-electron chi connectivity index (χ2n) is 8.74. The number of fused-ring (bicyclic) bond motifs is 2. The van der Waals surface area contributed by atoms with Gasteiger partial charge in [0.25, 0.3) is 11.8 Å². The summed E-state index contributed by atoms with van der Waals surface area (Å²) in [5.74, 6) is -0.762. The highest BCUT2D eigenvalue weighted by Gasteiger charge is 2.37. The number of nitrogens with zero attached hydrogens (tertiary/aromatic N) is 3. The van der Waals surface area contributed by atoms with Crippen LogP contribution in [0.2, 0.25) is 0 Å². The quantitative estimate of drug-likeness (QED) is 0.282. The van der Waals surface area contributed by atoms with Crippen LogP contribution in [0.4, 0.5) is 16.4 Å². The van der Waals surface area contributed by atoms with E-state index in [1.54, 1.807) is 31.5 Å². The summed E-state index contributed by atoms with van der Waals surface area (Å²) in [7, 11) is 3.18. The van der Waals surface area contributed by atoms with Gasteiger partial charge in [-0.1, -0.05) is 50.2 Å². The topological polar surface area (TPSA) is 43.9 Å². The fraction of sp³-hybridized carbons (Fsp3) is 0.192. The van der Waals surface area contributed by atoms with Crippen molar-refractivity contribution in [3.8, 4) is 0 Å². The molecule has 7 heteroatoms. The molecule has 0 N–H and O–H groups in total. The van der Waals surface area contributed by atoms with Crippen molar-refractivity contribution in [3.63, 3.8) is 0 Å². The number of amides is 2. The second kappa shape index (κ2) is 7.64. The molecule has 1 saturated heterocycles. The van der Waals surface area contributed by atoms with Gasteiger partial charge in [-0.25, -0.2) is 0 Å². The fourth-order valence-electron chi connectivity index (χ4n) is 4.56. The zero-order valence-electron chi connectivity index (χ0n) is 18.8. The Morgan fingerprint density at radius 3 is 1.88 bits per heavy atom. The molecule has 1 aromatic heterocycles. The predicted molar refractivity (Wildman–Crippen MR) is 137 cm³/mol. The first kappa shape index (κ1) is 21.6. The van der Waals surface area contributed by atoms with Crippen LogP contribution in [0.3, 0.4) is 0 Å². The number of para-hydroxylation sites is 2. The minimum Gasteiger partial charge on any atom is -0.301 e. The molecule has 5 rings (SSSR count). The minimum absolute atomic E-state index is 0.113. The standard InChI is InChI=1S/C26H23N3O2S2/c1-26(2)18-9-5-7-11-20(18)29(21-12-8-6-10-19(21)26)22-14-13-16(33-22)15-17-23(30)27(3)25(32)28(4)24(17)31/h5-15H,1-4H3. The average molecular weight is 474 g/mol. The number of hydrogen-bond acceptors (Lipinski definition) is 5. The zero-order chi connectivity index (χ0) is 23.5. The summed E-state index contributed by atoms with van der Waals surface area (Å²) < 4.78 is 0. The Hall–Kier alpha value is -3.29. The largest absolute Gasteiger partial charge is 0.301 e. The van der Waals surface area contributed by atoms with Crippen molar-refractivity contribution >= 4 is 62.9 Å². The summed E-state index contributed by atoms with van der Waals surface area (Å²) in [4.78, 5) is 31.2. The van der Waals surface area contributed by atoms with Crippen molar-refractivity contribution < 1.29 is 9.59 Å². The van der Waals surface area contributed by atoms with E-state index in [1.807, 2.05) is 12.1 Å². The van der Waals surface area contributed by atoms with Crippen LogP contribution in [-0.2, 0) is 15.0 Å². The molecule has 0 aliphatic carbocycles. The summed E-state index contributed by atoms with van der Waals surface area (Å²) in [5, 5.41) is 1.23. The molecule has 166 valence electrons. The molecule has 0 radical (unpaired) electrons. The van der Waals surface area contributed by atoms with E-state index in [2.05, 4.69) is 67.3 Å². The maximum atomic E-state index is 12.7. The van der Waals surface area contributed by atoms with Gasteiger partial charge >= 0.3 is 0 Å². The summed E-state index contributed by atoms with van der Waals surface area (Å²) >= 11 is 6.73.